The first-order valence-electron chi connectivity index (χ1n) is 9.56. The molecule has 0 aliphatic carbocycles. The minimum Gasteiger partial charge on any atom is -0.465 e. The van der Waals surface area contributed by atoms with Crippen molar-refractivity contribution in [3.8, 4) is 0 Å². The third-order valence-electron chi connectivity index (χ3n) is 5.32. The number of likely N-dealkylation sites (tertiary alicyclic amines) is 2. The van der Waals surface area contributed by atoms with Gasteiger partial charge in [-0.15, -0.1) is 0 Å². The molecule has 6 nitrogen and oxygen atoms in total. The summed E-state index contributed by atoms with van der Waals surface area (Å²) in [6, 6.07) is 0.536. The van der Waals surface area contributed by atoms with Crippen LogP contribution in [-0.4, -0.2) is 65.5 Å². The molecule has 2 aliphatic heterocycles. The molecule has 0 bridgehead atoms. The van der Waals surface area contributed by atoms with Crippen LogP contribution in [0.1, 0.15) is 58.8 Å². The van der Waals surface area contributed by atoms with Gasteiger partial charge in [-0.2, -0.15) is 0 Å². The van der Waals surface area contributed by atoms with E-state index in [0.717, 1.165) is 58.0 Å². The number of oxime groups is 1. The first kappa shape index (κ1) is 19.0. The molecule has 0 spiro atoms. The van der Waals surface area contributed by atoms with Crippen LogP contribution < -0.4 is 0 Å². The third-order valence-corrected chi connectivity index (χ3v) is 5.32. The second-order valence-electron chi connectivity index (χ2n) is 6.93. The number of piperidine rings is 1. The molecule has 0 aromatic carbocycles. The molecule has 0 saturated carbocycles. The molecule has 1 amide bonds. The lowest BCUT2D eigenvalue weighted by Crippen LogP contribution is -2.43. The third kappa shape index (κ3) is 5.36. The summed E-state index contributed by atoms with van der Waals surface area (Å²) in [4.78, 5) is 20.7. The first-order chi connectivity index (χ1) is 11.7. The molecule has 1 unspecified atom stereocenters. The van der Waals surface area contributed by atoms with E-state index < -0.39 is 6.09 Å². The van der Waals surface area contributed by atoms with E-state index in [-0.39, 0.29) is 0 Å². The van der Waals surface area contributed by atoms with Crippen LogP contribution in [0.15, 0.2) is 5.16 Å². The summed E-state index contributed by atoms with van der Waals surface area (Å²) >= 11 is 0. The van der Waals surface area contributed by atoms with E-state index in [1.807, 2.05) is 0 Å². The van der Waals surface area contributed by atoms with Crippen molar-refractivity contribution in [2.24, 2.45) is 11.1 Å². The standard InChI is InChI=1S/C18H33N3O3/c1-3-14-24-19-17(4-2)15-7-11-20(12-8-15)16-6-5-10-21(13-9-16)18(22)23/h15-16H,3-14H2,1-2H3,(H,22,23). The lowest BCUT2D eigenvalue weighted by molar-refractivity contribution is 0.123. The molecular formula is C18H33N3O3. The average molecular weight is 339 g/mol. The summed E-state index contributed by atoms with van der Waals surface area (Å²) in [6.45, 7) is 8.50. The van der Waals surface area contributed by atoms with Crippen LogP contribution >= 0.6 is 0 Å². The predicted octanol–water partition coefficient (Wildman–Crippen LogP) is 3.42. The molecule has 24 heavy (non-hydrogen) atoms. The lowest BCUT2D eigenvalue weighted by Gasteiger charge is -2.37. The topological polar surface area (TPSA) is 65.4 Å². The number of nitrogens with zero attached hydrogens (tertiary/aromatic N) is 3. The summed E-state index contributed by atoms with van der Waals surface area (Å²) < 4.78 is 0. The van der Waals surface area contributed by atoms with E-state index in [0.29, 0.717) is 31.7 Å². The van der Waals surface area contributed by atoms with Gasteiger partial charge in [0.2, 0.25) is 0 Å². The minimum absolute atomic E-state index is 0.536. The van der Waals surface area contributed by atoms with Crippen molar-refractivity contribution in [2.45, 2.75) is 64.8 Å². The maximum atomic E-state index is 11.1. The zero-order valence-corrected chi connectivity index (χ0v) is 15.2. The minimum atomic E-state index is -0.773. The van der Waals surface area contributed by atoms with Crippen LogP contribution in [0.2, 0.25) is 0 Å². The van der Waals surface area contributed by atoms with Crippen molar-refractivity contribution in [3.05, 3.63) is 0 Å². The Labute approximate surface area is 145 Å². The molecule has 6 heteroatoms. The van der Waals surface area contributed by atoms with Gasteiger partial charge in [0.15, 0.2) is 0 Å². The number of hydrogen-bond donors (Lipinski definition) is 1. The van der Waals surface area contributed by atoms with Crippen LogP contribution in [0.5, 0.6) is 0 Å². The maximum absolute atomic E-state index is 11.1. The second-order valence-corrected chi connectivity index (χ2v) is 6.93. The fourth-order valence-corrected chi connectivity index (χ4v) is 3.88. The van der Waals surface area contributed by atoms with Gasteiger partial charge in [-0.25, -0.2) is 4.79 Å². The summed E-state index contributed by atoms with van der Waals surface area (Å²) in [6.07, 6.45) is 6.52. The number of amides is 1. The molecule has 138 valence electrons. The molecule has 1 atom stereocenters. The van der Waals surface area contributed by atoms with E-state index >= 15 is 0 Å². The molecule has 0 radical (unpaired) electrons. The molecule has 2 heterocycles. The van der Waals surface area contributed by atoms with Crippen LogP contribution in [0.3, 0.4) is 0 Å². The van der Waals surface area contributed by atoms with Crippen molar-refractivity contribution in [2.75, 3.05) is 32.8 Å². The number of carboxylic acid groups (broad SMARTS) is 1. The van der Waals surface area contributed by atoms with E-state index in [1.54, 1.807) is 4.90 Å². The van der Waals surface area contributed by atoms with Gasteiger partial charge in [0.25, 0.3) is 0 Å². The first-order valence-corrected chi connectivity index (χ1v) is 9.56. The highest BCUT2D eigenvalue weighted by molar-refractivity contribution is 5.86. The maximum Gasteiger partial charge on any atom is 0.407 e. The Balaban J connectivity index is 1.81. The zero-order valence-electron chi connectivity index (χ0n) is 15.2. The number of rotatable bonds is 6. The van der Waals surface area contributed by atoms with Gasteiger partial charge in [-0.1, -0.05) is 19.0 Å². The monoisotopic (exact) mass is 339 g/mol. The molecule has 2 fully saturated rings. The molecule has 2 aliphatic rings. The molecule has 2 rings (SSSR count). The van der Waals surface area contributed by atoms with Crippen molar-refractivity contribution >= 4 is 11.8 Å². The van der Waals surface area contributed by atoms with Gasteiger partial charge in [-0.05, 0) is 58.0 Å². The summed E-state index contributed by atoms with van der Waals surface area (Å²) in [7, 11) is 0. The van der Waals surface area contributed by atoms with E-state index in [2.05, 4.69) is 23.9 Å². The number of hydrogen-bond acceptors (Lipinski definition) is 4. The Kier molecular flexibility index (Phi) is 7.82. The second kappa shape index (κ2) is 9.87. The summed E-state index contributed by atoms with van der Waals surface area (Å²) in [5.74, 6) is 0.546. The van der Waals surface area contributed by atoms with Crippen LogP contribution in [0, 0.1) is 5.92 Å². The van der Waals surface area contributed by atoms with Gasteiger partial charge in [0.1, 0.15) is 6.61 Å². The van der Waals surface area contributed by atoms with Gasteiger partial charge in [-0.3, -0.25) is 0 Å². The molecule has 0 aromatic heterocycles. The molecule has 0 aromatic rings. The lowest BCUT2D eigenvalue weighted by atomic mass is 9.89. The van der Waals surface area contributed by atoms with Crippen molar-refractivity contribution < 1.29 is 14.7 Å². The van der Waals surface area contributed by atoms with E-state index in [1.165, 1.54) is 5.71 Å². The van der Waals surface area contributed by atoms with Gasteiger partial charge in [0.05, 0.1) is 5.71 Å². The molecule has 1 N–H and O–H groups in total. The quantitative estimate of drug-likeness (QED) is 0.457. The highest BCUT2D eigenvalue weighted by atomic mass is 16.6. The SMILES string of the molecule is CCCON=C(CC)C1CCN(C2CCCN(C(=O)O)CC2)CC1. The van der Waals surface area contributed by atoms with Crippen molar-refractivity contribution in [1.82, 2.24) is 9.80 Å². The number of carbonyl (C=O) groups is 1. The average Bonchev–Trinajstić information content (AvgIpc) is 2.85. The highest BCUT2D eigenvalue weighted by Gasteiger charge is 2.29. The summed E-state index contributed by atoms with van der Waals surface area (Å²) in [5, 5.41) is 13.5. The van der Waals surface area contributed by atoms with E-state index in [4.69, 9.17) is 9.94 Å². The predicted molar refractivity (Wildman–Crippen MR) is 95.5 cm³/mol. The summed E-state index contributed by atoms with van der Waals surface area (Å²) in [5.41, 5.74) is 1.21. The Morgan fingerprint density at radius 2 is 1.88 bits per heavy atom. The van der Waals surface area contributed by atoms with Crippen LogP contribution in [0.4, 0.5) is 4.79 Å². The van der Waals surface area contributed by atoms with Crippen molar-refractivity contribution in [3.63, 3.8) is 0 Å². The highest BCUT2D eigenvalue weighted by Crippen LogP contribution is 2.25. The van der Waals surface area contributed by atoms with Crippen LogP contribution in [0.25, 0.3) is 0 Å². The van der Waals surface area contributed by atoms with Gasteiger partial charge < -0.3 is 19.7 Å². The Hall–Kier alpha value is -1.30. The molecule has 2 saturated heterocycles. The fraction of sp³-hybridized carbons (Fsp3) is 0.889. The Morgan fingerprint density at radius 3 is 2.50 bits per heavy atom. The van der Waals surface area contributed by atoms with Crippen LogP contribution in [-0.2, 0) is 4.84 Å². The Morgan fingerprint density at radius 1 is 1.12 bits per heavy atom. The van der Waals surface area contributed by atoms with Crippen molar-refractivity contribution in [1.29, 1.82) is 0 Å². The zero-order chi connectivity index (χ0) is 17.4. The smallest absolute Gasteiger partial charge is 0.407 e. The normalized spacial score (nSPS) is 24.7. The Bertz CT molecular complexity index is 420. The van der Waals surface area contributed by atoms with Gasteiger partial charge in [0, 0.05) is 25.0 Å². The largest absolute Gasteiger partial charge is 0.465 e. The van der Waals surface area contributed by atoms with Gasteiger partial charge >= 0.3 is 6.09 Å². The molecular weight excluding hydrogens is 306 g/mol. The fourth-order valence-electron chi connectivity index (χ4n) is 3.88. The van der Waals surface area contributed by atoms with E-state index in [9.17, 15) is 4.79 Å².